The highest BCUT2D eigenvalue weighted by Gasteiger charge is 2.34. The molecule has 1 aromatic heterocycles. The molecule has 0 fully saturated rings. The van der Waals surface area contributed by atoms with Crippen LogP contribution in [-0.2, 0) is 12.7 Å². The molecule has 0 aliphatic rings. The van der Waals surface area contributed by atoms with Gasteiger partial charge >= 0.3 is 12.1 Å². The predicted octanol–water partition coefficient (Wildman–Crippen LogP) is 7.40. The van der Waals surface area contributed by atoms with Crippen LogP contribution in [0, 0.1) is 13.8 Å². The summed E-state index contributed by atoms with van der Waals surface area (Å²) in [5.74, 6) is 0.328. The highest BCUT2D eigenvalue weighted by molar-refractivity contribution is 6.31. The van der Waals surface area contributed by atoms with Crippen LogP contribution in [0.25, 0.3) is 5.69 Å². The van der Waals surface area contributed by atoms with Crippen LogP contribution in [0.5, 0.6) is 11.5 Å². The SMILES string of the molecule is Cc1cc(C(=O)O)c(C)n1-c1ccccc1C(F)(F)F.NCc1c(Cl)cccc1Oc1ccccc1. The molecule has 0 aliphatic heterocycles. The minimum Gasteiger partial charge on any atom is -0.478 e. The molecular weight excluding hydrogens is 493 g/mol. The molecule has 0 saturated heterocycles. The number of aromatic nitrogens is 1. The lowest BCUT2D eigenvalue weighted by molar-refractivity contribution is -0.137. The van der Waals surface area contributed by atoms with Gasteiger partial charge in [-0.15, -0.1) is 0 Å². The fourth-order valence-corrected chi connectivity index (χ4v) is 3.95. The first-order chi connectivity index (χ1) is 17.0. The third kappa shape index (κ3) is 6.08. The van der Waals surface area contributed by atoms with Crippen LogP contribution in [0.4, 0.5) is 13.2 Å². The molecule has 0 atom stereocenters. The van der Waals surface area contributed by atoms with Crippen LogP contribution in [0.2, 0.25) is 5.02 Å². The summed E-state index contributed by atoms with van der Waals surface area (Å²) < 4.78 is 46.1. The average Bonchev–Trinajstić information content (AvgIpc) is 3.14. The van der Waals surface area contributed by atoms with Gasteiger partial charge in [0.1, 0.15) is 11.5 Å². The summed E-state index contributed by atoms with van der Waals surface area (Å²) in [6, 6.07) is 21.5. The standard InChI is InChI=1S/C14H12F3NO2.C13H12ClNO/c1-8-7-10(13(19)20)9(2)18(8)12-6-4-3-5-11(12)14(15,16)17;14-12-7-4-8-13(11(12)9-15)16-10-5-2-1-3-6-10/h3-7H,1-2H3,(H,19,20);1-8H,9,15H2. The van der Waals surface area contributed by atoms with Crippen molar-refractivity contribution >= 4 is 17.6 Å². The molecule has 0 radical (unpaired) electrons. The Hall–Kier alpha value is -3.75. The number of halogens is 4. The number of carboxylic acid groups (broad SMARTS) is 1. The molecule has 1 heterocycles. The zero-order valence-corrected chi connectivity index (χ0v) is 20.3. The Morgan fingerprint density at radius 1 is 1.00 bits per heavy atom. The van der Waals surface area contributed by atoms with Gasteiger partial charge in [-0.1, -0.05) is 48.0 Å². The zero-order valence-electron chi connectivity index (χ0n) is 19.5. The van der Waals surface area contributed by atoms with Gasteiger partial charge < -0.3 is 20.1 Å². The fourth-order valence-electron chi connectivity index (χ4n) is 3.71. The van der Waals surface area contributed by atoms with Crippen molar-refractivity contribution in [3.63, 3.8) is 0 Å². The number of ether oxygens (including phenoxy) is 1. The van der Waals surface area contributed by atoms with E-state index in [1.807, 2.05) is 48.5 Å². The molecule has 0 unspecified atom stereocenters. The molecule has 4 rings (SSSR count). The first kappa shape index (κ1) is 26.8. The van der Waals surface area contributed by atoms with E-state index in [1.54, 1.807) is 6.92 Å². The first-order valence-corrected chi connectivity index (χ1v) is 11.2. The number of aromatic carboxylic acids is 1. The van der Waals surface area contributed by atoms with E-state index in [0.29, 0.717) is 23.0 Å². The number of hydrogen-bond donors (Lipinski definition) is 2. The number of hydrogen-bond acceptors (Lipinski definition) is 3. The molecule has 0 saturated carbocycles. The summed E-state index contributed by atoms with van der Waals surface area (Å²) in [6.45, 7) is 3.43. The molecule has 4 aromatic rings. The van der Waals surface area contributed by atoms with Gasteiger partial charge in [0.15, 0.2) is 0 Å². The highest BCUT2D eigenvalue weighted by Crippen LogP contribution is 2.35. The Labute approximate surface area is 211 Å². The van der Waals surface area contributed by atoms with Crippen molar-refractivity contribution in [2.75, 3.05) is 0 Å². The van der Waals surface area contributed by atoms with Crippen LogP contribution < -0.4 is 10.5 Å². The number of rotatable bonds is 5. The largest absolute Gasteiger partial charge is 0.478 e. The summed E-state index contributed by atoms with van der Waals surface area (Å²) >= 11 is 6.04. The lowest BCUT2D eigenvalue weighted by Crippen LogP contribution is -2.12. The maximum Gasteiger partial charge on any atom is 0.418 e. The van der Waals surface area contributed by atoms with E-state index < -0.39 is 17.7 Å². The second kappa shape index (κ2) is 11.3. The molecule has 0 bridgehead atoms. The summed E-state index contributed by atoms with van der Waals surface area (Å²) in [6.07, 6.45) is -4.50. The normalized spacial score (nSPS) is 11.0. The number of carbonyl (C=O) groups is 1. The van der Waals surface area contributed by atoms with E-state index in [2.05, 4.69) is 0 Å². The van der Waals surface area contributed by atoms with Gasteiger partial charge in [-0.05, 0) is 56.3 Å². The van der Waals surface area contributed by atoms with Gasteiger partial charge in [-0.25, -0.2) is 4.79 Å². The zero-order chi connectivity index (χ0) is 26.5. The molecule has 5 nitrogen and oxygen atoms in total. The second-order valence-corrected chi connectivity index (χ2v) is 8.18. The molecule has 36 heavy (non-hydrogen) atoms. The van der Waals surface area contributed by atoms with Crippen LogP contribution in [0.15, 0.2) is 78.9 Å². The third-order valence-corrected chi connectivity index (χ3v) is 5.72. The van der Waals surface area contributed by atoms with E-state index in [1.165, 1.54) is 35.8 Å². The van der Waals surface area contributed by atoms with Crippen molar-refractivity contribution in [1.29, 1.82) is 0 Å². The second-order valence-electron chi connectivity index (χ2n) is 7.78. The summed E-state index contributed by atoms with van der Waals surface area (Å²) in [7, 11) is 0. The number of nitrogens with zero attached hydrogens (tertiary/aromatic N) is 1. The number of nitrogens with two attached hydrogens (primary N) is 1. The van der Waals surface area contributed by atoms with Gasteiger partial charge in [0, 0.05) is 28.5 Å². The van der Waals surface area contributed by atoms with E-state index in [9.17, 15) is 18.0 Å². The minimum atomic E-state index is -4.50. The number of carboxylic acids is 1. The van der Waals surface area contributed by atoms with Crippen molar-refractivity contribution in [3.05, 3.63) is 112 Å². The van der Waals surface area contributed by atoms with Crippen molar-refractivity contribution in [2.45, 2.75) is 26.6 Å². The van der Waals surface area contributed by atoms with E-state index >= 15 is 0 Å². The smallest absolute Gasteiger partial charge is 0.418 e. The lowest BCUT2D eigenvalue weighted by Gasteiger charge is -2.16. The van der Waals surface area contributed by atoms with Crippen molar-refractivity contribution < 1.29 is 27.8 Å². The number of para-hydroxylation sites is 2. The van der Waals surface area contributed by atoms with Gasteiger partial charge in [-0.2, -0.15) is 13.2 Å². The number of benzene rings is 3. The molecule has 0 amide bonds. The highest BCUT2D eigenvalue weighted by atomic mass is 35.5. The number of alkyl halides is 3. The minimum absolute atomic E-state index is 0.000484. The summed E-state index contributed by atoms with van der Waals surface area (Å²) in [5.41, 5.74) is 6.32. The van der Waals surface area contributed by atoms with Crippen molar-refractivity contribution in [1.82, 2.24) is 4.57 Å². The molecule has 3 N–H and O–H groups in total. The molecule has 188 valence electrons. The van der Waals surface area contributed by atoms with Crippen molar-refractivity contribution in [3.8, 4) is 17.2 Å². The van der Waals surface area contributed by atoms with Gasteiger partial charge in [0.25, 0.3) is 0 Å². The lowest BCUT2D eigenvalue weighted by atomic mass is 10.1. The van der Waals surface area contributed by atoms with Gasteiger partial charge in [0.2, 0.25) is 0 Å². The fraction of sp³-hybridized carbons (Fsp3) is 0.148. The van der Waals surface area contributed by atoms with E-state index in [4.69, 9.17) is 27.2 Å². The quantitative estimate of drug-likeness (QED) is 0.289. The Balaban J connectivity index is 0.000000205. The van der Waals surface area contributed by atoms with Crippen LogP contribution >= 0.6 is 11.6 Å². The Morgan fingerprint density at radius 3 is 2.22 bits per heavy atom. The maximum absolute atomic E-state index is 13.0. The Bertz CT molecular complexity index is 1350. The van der Waals surface area contributed by atoms with E-state index in [0.717, 1.165) is 17.4 Å². The van der Waals surface area contributed by atoms with Gasteiger partial charge in [-0.3, -0.25) is 0 Å². The molecular formula is C27H24ClF3N2O3. The van der Waals surface area contributed by atoms with Crippen LogP contribution in [0.1, 0.15) is 32.9 Å². The molecule has 0 spiro atoms. The number of aryl methyl sites for hydroxylation is 1. The third-order valence-electron chi connectivity index (χ3n) is 5.36. The van der Waals surface area contributed by atoms with E-state index in [-0.39, 0.29) is 16.9 Å². The Kier molecular flexibility index (Phi) is 8.45. The first-order valence-electron chi connectivity index (χ1n) is 10.8. The topological polar surface area (TPSA) is 77.5 Å². The predicted molar refractivity (Wildman–Crippen MR) is 133 cm³/mol. The van der Waals surface area contributed by atoms with Crippen LogP contribution in [-0.4, -0.2) is 15.6 Å². The summed E-state index contributed by atoms with van der Waals surface area (Å²) in [5, 5.41) is 9.68. The van der Waals surface area contributed by atoms with Gasteiger partial charge in [0.05, 0.1) is 16.8 Å². The van der Waals surface area contributed by atoms with Crippen molar-refractivity contribution in [2.24, 2.45) is 5.73 Å². The average molecular weight is 517 g/mol. The van der Waals surface area contributed by atoms with Crippen LogP contribution in [0.3, 0.4) is 0 Å². The maximum atomic E-state index is 13.0. The summed E-state index contributed by atoms with van der Waals surface area (Å²) in [4.78, 5) is 11.1. The molecule has 3 aromatic carbocycles. The Morgan fingerprint density at radius 2 is 1.64 bits per heavy atom. The monoisotopic (exact) mass is 516 g/mol. The molecule has 0 aliphatic carbocycles. The molecule has 9 heteroatoms.